The van der Waals surface area contributed by atoms with Crippen LogP contribution in [-0.2, 0) is 4.74 Å². The molecule has 0 fully saturated rings. The largest absolute Gasteiger partial charge is 0.484 e. The molecule has 9 heavy (non-hydrogen) atoms. The van der Waals surface area contributed by atoms with Gasteiger partial charge < -0.3 is 4.74 Å². The monoisotopic (exact) mass is 125 g/mol. The summed E-state index contributed by atoms with van der Waals surface area (Å²) in [5, 5.41) is 8.34. The molecule has 0 aromatic rings. The van der Waals surface area contributed by atoms with Gasteiger partial charge >= 0.3 is 0 Å². The highest BCUT2D eigenvalue weighted by Crippen LogP contribution is 1.95. The molecule has 0 heterocycles. The van der Waals surface area contributed by atoms with Crippen LogP contribution in [0.5, 0.6) is 0 Å². The van der Waals surface area contributed by atoms with E-state index in [1.165, 1.54) is 0 Å². The smallest absolute Gasteiger partial charge is 0.192 e. The Labute approximate surface area is 55.7 Å². The maximum atomic E-state index is 8.34. The van der Waals surface area contributed by atoms with Crippen molar-refractivity contribution < 1.29 is 4.74 Å². The van der Waals surface area contributed by atoms with Gasteiger partial charge in [0.25, 0.3) is 0 Å². The number of nitriles is 1. The van der Waals surface area contributed by atoms with Gasteiger partial charge in [0.2, 0.25) is 0 Å². The summed E-state index contributed by atoms with van der Waals surface area (Å²) < 4.78 is 4.93. The van der Waals surface area contributed by atoms with Crippen LogP contribution in [-0.4, -0.2) is 6.61 Å². The summed E-state index contributed by atoms with van der Waals surface area (Å²) in [6.07, 6.45) is 2.62. The van der Waals surface area contributed by atoms with E-state index in [4.69, 9.17) is 10.00 Å². The third-order valence-corrected chi connectivity index (χ3v) is 0.800. The van der Waals surface area contributed by atoms with Crippen LogP contribution in [0.4, 0.5) is 0 Å². The second-order valence-electron chi connectivity index (χ2n) is 1.52. The molecular weight excluding hydrogens is 114 g/mol. The van der Waals surface area contributed by atoms with E-state index in [2.05, 4.69) is 0 Å². The summed E-state index contributed by atoms with van der Waals surface area (Å²) in [7, 11) is 0. The number of allylic oxidation sites excluding steroid dienone is 2. The van der Waals surface area contributed by atoms with Gasteiger partial charge in [0.05, 0.1) is 6.61 Å². The zero-order valence-electron chi connectivity index (χ0n) is 5.85. The number of rotatable bonds is 3. The van der Waals surface area contributed by atoms with Gasteiger partial charge in [-0.25, -0.2) is 0 Å². The summed E-state index contributed by atoms with van der Waals surface area (Å²) in [5.74, 6) is 0.431. The zero-order valence-corrected chi connectivity index (χ0v) is 5.85. The molecule has 0 unspecified atom stereocenters. The molecule has 0 aromatic heterocycles. The average molecular weight is 125 g/mol. The zero-order chi connectivity index (χ0) is 7.11. The van der Waals surface area contributed by atoms with Crippen molar-refractivity contribution in [1.82, 2.24) is 0 Å². The van der Waals surface area contributed by atoms with Crippen LogP contribution in [0.15, 0.2) is 11.8 Å². The molecule has 50 valence electrons. The van der Waals surface area contributed by atoms with Gasteiger partial charge in [-0.15, -0.1) is 0 Å². The maximum Gasteiger partial charge on any atom is 0.192 e. The number of nitrogens with zero attached hydrogens (tertiary/aromatic N) is 1. The third-order valence-electron chi connectivity index (χ3n) is 0.800. The Morgan fingerprint density at radius 1 is 1.67 bits per heavy atom. The molecule has 0 aliphatic heterocycles. The van der Waals surface area contributed by atoms with Crippen molar-refractivity contribution in [2.24, 2.45) is 0 Å². The van der Waals surface area contributed by atoms with Crippen molar-refractivity contribution >= 4 is 0 Å². The Bertz CT molecular complexity index is 132. The number of ether oxygens (including phenoxy) is 1. The van der Waals surface area contributed by atoms with E-state index >= 15 is 0 Å². The fourth-order valence-electron chi connectivity index (χ4n) is 0.478. The molecule has 2 heteroatoms. The van der Waals surface area contributed by atoms with E-state index in [0.29, 0.717) is 12.4 Å². The minimum absolute atomic E-state index is 0.431. The van der Waals surface area contributed by atoms with Gasteiger partial charge in [0, 0.05) is 0 Å². The van der Waals surface area contributed by atoms with Gasteiger partial charge in [0.1, 0.15) is 6.07 Å². The molecule has 0 N–H and O–H groups in total. The Morgan fingerprint density at radius 2 is 2.33 bits per heavy atom. The first-order valence-corrected chi connectivity index (χ1v) is 3.08. The highest BCUT2D eigenvalue weighted by Gasteiger charge is 1.88. The second-order valence-corrected chi connectivity index (χ2v) is 1.52. The van der Waals surface area contributed by atoms with Crippen molar-refractivity contribution in [3.63, 3.8) is 0 Å². The number of hydrogen-bond donors (Lipinski definition) is 0. The van der Waals surface area contributed by atoms with Crippen LogP contribution in [0.25, 0.3) is 0 Å². The molecule has 0 spiro atoms. The minimum atomic E-state index is 0.431. The Morgan fingerprint density at radius 3 is 2.67 bits per heavy atom. The molecule has 0 aliphatic rings. The molecule has 0 rings (SSSR count). The Kier molecular flexibility index (Phi) is 4.61. The normalized spacial score (nSPS) is 10.6. The SMILES string of the molecule is CCC=C(C#N)OCC. The van der Waals surface area contributed by atoms with Gasteiger partial charge in [-0.1, -0.05) is 6.92 Å². The molecule has 0 saturated carbocycles. The topological polar surface area (TPSA) is 33.0 Å². The fourth-order valence-corrected chi connectivity index (χ4v) is 0.478. The van der Waals surface area contributed by atoms with Crippen LogP contribution in [0, 0.1) is 11.3 Å². The summed E-state index contributed by atoms with van der Waals surface area (Å²) in [5.41, 5.74) is 0. The summed E-state index contributed by atoms with van der Waals surface area (Å²) in [6.45, 7) is 4.40. The van der Waals surface area contributed by atoms with Crippen LogP contribution < -0.4 is 0 Å². The maximum absolute atomic E-state index is 8.34. The molecule has 2 nitrogen and oxygen atoms in total. The summed E-state index contributed by atoms with van der Waals surface area (Å²) in [4.78, 5) is 0. The van der Waals surface area contributed by atoms with Crippen LogP contribution in [0.1, 0.15) is 20.3 Å². The lowest BCUT2D eigenvalue weighted by molar-refractivity contribution is 0.244. The van der Waals surface area contributed by atoms with E-state index < -0.39 is 0 Å². The third kappa shape index (κ3) is 3.60. The first-order chi connectivity index (χ1) is 4.35. The molecule has 0 radical (unpaired) electrons. The molecule has 0 aromatic carbocycles. The predicted octanol–water partition coefficient (Wildman–Crippen LogP) is 1.84. The van der Waals surface area contributed by atoms with Crippen molar-refractivity contribution in [3.8, 4) is 6.07 Å². The van der Waals surface area contributed by atoms with Crippen molar-refractivity contribution in [3.05, 3.63) is 11.8 Å². The van der Waals surface area contributed by atoms with Gasteiger partial charge in [-0.05, 0) is 19.4 Å². The van der Waals surface area contributed by atoms with E-state index in [0.717, 1.165) is 6.42 Å². The molecule has 0 aliphatic carbocycles. The van der Waals surface area contributed by atoms with E-state index in [1.807, 2.05) is 19.9 Å². The van der Waals surface area contributed by atoms with Crippen LogP contribution >= 0.6 is 0 Å². The Hall–Kier alpha value is -0.970. The highest BCUT2D eigenvalue weighted by atomic mass is 16.5. The lowest BCUT2D eigenvalue weighted by atomic mass is 10.4. The quantitative estimate of drug-likeness (QED) is 0.426. The average Bonchev–Trinajstić information content (AvgIpc) is 1.88. The van der Waals surface area contributed by atoms with E-state index in [9.17, 15) is 0 Å². The predicted molar refractivity (Wildman–Crippen MR) is 35.6 cm³/mol. The Balaban J connectivity index is 3.71. The molecule has 0 bridgehead atoms. The van der Waals surface area contributed by atoms with E-state index in [1.54, 1.807) is 6.08 Å². The number of hydrogen-bond acceptors (Lipinski definition) is 2. The lowest BCUT2D eigenvalue weighted by Crippen LogP contribution is -1.87. The molecule has 0 amide bonds. The molecule has 0 atom stereocenters. The van der Waals surface area contributed by atoms with Crippen LogP contribution in [0.3, 0.4) is 0 Å². The second kappa shape index (κ2) is 5.17. The first-order valence-electron chi connectivity index (χ1n) is 3.08. The lowest BCUT2D eigenvalue weighted by Gasteiger charge is -1.96. The minimum Gasteiger partial charge on any atom is -0.484 e. The molecular formula is C7H11NO. The summed E-state index contributed by atoms with van der Waals surface area (Å²) in [6, 6.07) is 1.94. The van der Waals surface area contributed by atoms with Gasteiger partial charge in [0.15, 0.2) is 5.76 Å². The van der Waals surface area contributed by atoms with Crippen molar-refractivity contribution in [2.45, 2.75) is 20.3 Å². The summed E-state index contributed by atoms with van der Waals surface area (Å²) >= 11 is 0. The van der Waals surface area contributed by atoms with Gasteiger partial charge in [-0.3, -0.25) is 0 Å². The molecule has 0 saturated heterocycles. The standard InChI is InChI=1S/C7H11NO/c1-3-5-7(6-8)9-4-2/h5H,3-4H2,1-2H3. The van der Waals surface area contributed by atoms with Crippen molar-refractivity contribution in [1.29, 1.82) is 5.26 Å². The highest BCUT2D eigenvalue weighted by molar-refractivity contribution is 5.12. The first kappa shape index (κ1) is 8.03. The fraction of sp³-hybridized carbons (Fsp3) is 0.571. The van der Waals surface area contributed by atoms with Crippen LogP contribution in [0.2, 0.25) is 0 Å². The van der Waals surface area contributed by atoms with E-state index in [-0.39, 0.29) is 0 Å². The van der Waals surface area contributed by atoms with Gasteiger partial charge in [-0.2, -0.15) is 5.26 Å². The van der Waals surface area contributed by atoms with Crippen molar-refractivity contribution in [2.75, 3.05) is 6.61 Å².